The molecule has 2 heterocycles. The summed E-state index contributed by atoms with van der Waals surface area (Å²) in [6, 6.07) is 3.85. The third kappa shape index (κ3) is 3.54. The SMILES string of the molecule is CCCCCC(C)N1C(O)=C(O)C=NC1c1ccncc1. The van der Waals surface area contributed by atoms with Crippen molar-refractivity contribution in [3.05, 3.63) is 41.7 Å². The zero-order chi connectivity index (χ0) is 15.2. The lowest BCUT2D eigenvalue weighted by Gasteiger charge is -2.37. The van der Waals surface area contributed by atoms with Gasteiger partial charge in [0, 0.05) is 18.4 Å². The van der Waals surface area contributed by atoms with E-state index in [1.165, 1.54) is 6.21 Å². The van der Waals surface area contributed by atoms with Crippen LogP contribution in [0.25, 0.3) is 0 Å². The highest BCUT2D eigenvalue weighted by Gasteiger charge is 2.30. The van der Waals surface area contributed by atoms with Crippen LogP contribution in [0.5, 0.6) is 0 Å². The number of unbranched alkanes of at least 4 members (excludes halogenated alkanes) is 2. The molecule has 0 spiro atoms. The number of hydrogen-bond acceptors (Lipinski definition) is 5. The van der Waals surface area contributed by atoms with Crippen molar-refractivity contribution in [1.82, 2.24) is 9.88 Å². The summed E-state index contributed by atoms with van der Waals surface area (Å²) in [7, 11) is 0. The number of allylic oxidation sites excluding steroid dienone is 1. The lowest BCUT2D eigenvalue weighted by molar-refractivity contribution is 0.0906. The molecule has 2 unspecified atom stereocenters. The summed E-state index contributed by atoms with van der Waals surface area (Å²) in [6.45, 7) is 4.22. The third-order valence-corrected chi connectivity index (χ3v) is 3.78. The van der Waals surface area contributed by atoms with E-state index in [9.17, 15) is 10.2 Å². The normalized spacial score (nSPS) is 19.9. The van der Waals surface area contributed by atoms with Crippen molar-refractivity contribution < 1.29 is 10.2 Å². The summed E-state index contributed by atoms with van der Waals surface area (Å²) < 4.78 is 0. The second kappa shape index (κ2) is 7.11. The number of aliphatic hydroxyl groups excluding tert-OH is 2. The number of aliphatic imine (C=N–C) groups is 1. The largest absolute Gasteiger partial charge is 0.502 e. The summed E-state index contributed by atoms with van der Waals surface area (Å²) in [5.41, 5.74) is 0.947. The Hall–Kier alpha value is -2.04. The highest BCUT2D eigenvalue weighted by Crippen LogP contribution is 2.32. The monoisotopic (exact) mass is 289 g/mol. The van der Waals surface area contributed by atoms with Crippen LogP contribution in [0.2, 0.25) is 0 Å². The summed E-state index contributed by atoms with van der Waals surface area (Å²) in [4.78, 5) is 10.2. The molecule has 21 heavy (non-hydrogen) atoms. The molecule has 0 radical (unpaired) electrons. The van der Waals surface area contributed by atoms with Gasteiger partial charge in [0.2, 0.25) is 5.88 Å². The van der Waals surface area contributed by atoms with Crippen molar-refractivity contribution in [2.24, 2.45) is 4.99 Å². The van der Waals surface area contributed by atoms with Gasteiger partial charge in [-0.25, -0.2) is 0 Å². The average Bonchev–Trinajstić information content (AvgIpc) is 2.50. The maximum atomic E-state index is 10.2. The molecule has 0 aliphatic carbocycles. The van der Waals surface area contributed by atoms with Crippen molar-refractivity contribution >= 4 is 6.21 Å². The van der Waals surface area contributed by atoms with Gasteiger partial charge >= 0.3 is 0 Å². The van der Waals surface area contributed by atoms with Gasteiger partial charge in [-0.1, -0.05) is 26.2 Å². The summed E-state index contributed by atoms with van der Waals surface area (Å²) >= 11 is 0. The van der Waals surface area contributed by atoms with Crippen LogP contribution in [0, 0.1) is 0 Å². The molecule has 2 N–H and O–H groups in total. The molecular weight excluding hydrogens is 266 g/mol. The summed E-state index contributed by atoms with van der Waals surface area (Å²) in [5.74, 6) is -0.279. The minimum atomic E-state index is -0.319. The van der Waals surface area contributed by atoms with Crippen LogP contribution in [-0.2, 0) is 0 Å². The molecule has 0 saturated carbocycles. The van der Waals surface area contributed by atoms with Crippen LogP contribution in [0.1, 0.15) is 51.3 Å². The average molecular weight is 289 g/mol. The Labute approximate surface area is 125 Å². The van der Waals surface area contributed by atoms with Gasteiger partial charge in [0.05, 0.1) is 6.21 Å². The first-order chi connectivity index (χ1) is 10.1. The Morgan fingerprint density at radius 1 is 1.24 bits per heavy atom. The highest BCUT2D eigenvalue weighted by molar-refractivity contribution is 5.77. The predicted octanol–water partition coefficient (Wildman–Crippen LogP) is 3.72. The summed E-state index contributed by atoms with van der Waals surface area (Å²) in [5, 5.41) is 20.0. The van der Waals surface area contributed by atoms with E-state index in [-0.39, 0.29) is 23.8 Å². The highest BCUT2D eigenvalue weighted by atomic mass is 16.3. The van der Waals surface area contributed by atoms with Gasteiger partial charge in [-0.2, -0.15) is 0 Å². The maximum Gasteiger partial charge on any atom is 0.234 e. The first-order valence-corrected chi connectivity index (χ1v) is 7.48. The molecule has 0 amide bonds. The fourth-order valence-corrected chi connectivity index (χ4v) is 2.58. The molecule has 1 aromatic rings. The molecule has 2 atom stereocenters. The molecule has 0 aromatic carbocycles. The second-order valence-electron chi connectivity index (χ2n) is 5.39. The Balaban J connectivity index is 2.21. The zero-order valence-electron chi connectivity index (χ0n) is 12.6. The molecule has 1 aliphatic rings. The second-order valence-corrected chi connectivity index (χ2v) is 5.39. The van der Waals surface area contributed by atoms with E-state index in [2.05, 4.69) is 16.9 Å². The van der Waals surface area contributed by atoms with Crippen LogP contribution in [0.15, 0.2) is 41.2 Å². The van der Waals surface area contributed by atoms with Gasteiger partial charge < -0.3 is 15.1 Å². The van der Waals surface area contributed by atoms with E-state index in [1.54, 1.807) is 17.3 Å². The smallest absolute Gasteiger partial charge is 0.234 e. The van der Waals surface area contributed by atoms with Gasteiger partial charge in [-0.15, -0.1) is 0 Å². The van der Waals surface area contributed by atoms with Gasteiger partial charge in [0.15, 0.2) is 5.76 Å². The van der Waals surface area contributed by atoms with E-state index in [4.69, 9.17) is 0 Å². The van der Waals surface area contributed by atoms with Crippen LogP contribution in [0.3, 0.4) is 0 Å². The molecule has 1 aromatic heterocycles. The number of pyridine rings is 1. The van der Waals surface area contributed by atoms with E-state index in [0.29, 0.717) is 0 Å². The van der Waals surface area contributed by atoms with Crippen molar-refractivity contribution in [2.45, 2.75) is 51.7 Å². The molecule has 5 heteroatoms. The van der Waals surface area contributed by atoms with E-state index in [0.717, 1.165) is 31.2 Å². The topological polar surface area (TPSA) is 69.0 Å². The molecule has 0 fully saturated rings. The number of aromatic nitrogens is 1. The Kier molecular flexibility index (Phi) is 5.20. The molecule has 0 saturated heterocycles. The quantitative estimate of drug-likeness (QED) is 0.783. The molecular formula is C16H23N3O2. The summed E-state index contributed by atoms with van der Waals surface area (Å²) in [6.07, 6.45) is 8.77. The van der Waals surface area contributed by atoms with Crippen LogP contribution in [0.4, 0.5) is 0 Å². The van der Waals surface area contributed by atoms with Gasteiger partial charge in [-0.05, 0) is 31.0 Å². The third-order valence-electron chi connectivity index (χ3n) is 3.78. The number of aliphatic hydroxyl groups is 2. The van der Waals surface area contributed by atoms with E-state index < -0.39 is 0 Å². The van der Waals surface area contributed by atoms with Crippen LogP contribution >= 0.6 is 0 Å². The van der Waals surface area contributed by atoms with E-state index in [1.807, 2.05) is 19.1 Å². The predicted molar refractivity (Wildman–Crippen MR) is 83.2 cm³/mol. The zero-order valence-corrected chi connectivity index (χ0v) is 12.6. The fraction of sp³-hybridized carbons (Fsp3) is 0.500. The van der Waals surface area contributed by atoms with Gasteiger partial charge in [-0.3, -0.25) is 9.98 Å². The van der Waals surface area contributed by atoms with E-state index >= 15 is 0 Å². The van der Waals surface area contributed by atoms with Crippen molar-refractivity contribution in [3.63, 3.8) is 0 Å². The van der Waals surface area contributed by atoms with Crippen molar-refractivity contribution in [1.29, 1.82) is 0 Å². The number of nitrogens with zero attached hydrogens (tertiary/aromatic N) is 3. The molecule has 114 valence electrons. The lowest BCUT2D eigenvalue weighted by Crippen LogP contribution is -2.38. The Morgan fingerprint density at radius 2 is 1.95 bits per heavy atom. The molecule has 1 aliphatic heterocycles. The lowest BCUT2D eigenvalue weighted by atomic mass is 10.1. The first kappa shape index (κ1) is 15.4. The first-order valence-electron chi connectivity index (χ1n) is 7.48. The maximum absolute atomic E-state index is 10.2. The van der Waals surface area contributed by atoms with Gasteiger partial charge in [0.1, 0.15) is 6.17 Å². The molecule has 0 bridgehead atoms. The number of hydrogen-bond donors (Lipinski definition) is 2. The van der Waals surface area contributed by atoms with Crippen LogP contribution < -0.4 is 0 Å². The number of rotatable bonds is 6. The Morgan fingerprint density at radius 3 is 2.62 bits per heavy atom. The molecule has 2 rings (SSSR count). The van der Waals surface area contributed by atoms with Crippen molar-refractivity contribution in [3.8, 4) is 0 Å². The minimum Gasteiger partial charge on any atom is -0.502 e. The fourth-order valence-electron chi connectivity index (χ4n) is 2.58. The van der Waals surface area contributed by atoms with Gasteiger partial charge in [0.25, 0.3) is 0 Å². The Bertz CT molecular complexity index is 514. The minimum absolute atomic E-state index is 0.0920. The standard InChI is InChI=1S/C16H23N3O2/c1-3-4-5-6-12(2)19-15(13-7-9-17-10-8-13)18-11-14(20)16(19)21/h7-12,15,20-21H,3-6H2,1-2H3. The molecule has 5 nitrogen and oxygen atoms in total. The van der Waals surface area contributed by atoms with Crippen LogP contribution in [-0.4, -0.2) is 32.4 Å². The van der Waals surface area contributed by atoms with Crippen molar-refractivity contribution in [2.75, 3.05) is 0 Å².